The zero-order chi connectivity index (χ0) is 14.3. The van der Waals surface area contributed by atoms with E-state index < -0.39 is 0 Å². The third-order valence-corrected chi connectivity index (χ3v) is 2.67. The number of thiol groups is 1. The minimum atomic E-state index is -0.379. The second kappa shape index (κ2) is 7.84. The molecule has 19 heavy (non-hydrogen) atoms. The third kappa shape index (κ3) is 5.34. The molecule has 0 atom stereocenters. The summed E-state index contributed by atoms with van der Waals surface area (Å²) in [4.78, 5) is 23.6. The molecule has 104 valence electrons. The average molecular weight is 282 g/mol. The number of hydrogen-bond acceptors (Lipinski definition) is 5. The van der Waals surface area contributed by atoms with Gasteiger partial charge in [-0.2, -0.15) is 0 Å². The standard InChI is InChI=1S/C14H18O4S/c1-3-17-13(15)6-5-10-7-11(9-12(19)8-10)14(16)18-4-2/h7-9,19H,3-6H2,1-2H3. The summed E-state index contributed by atoms with van der Waals surface area (Å²) < 4.78 is 9.80. The van der Waals surface area contributed by atoms with E-state index in [1.165, 1.54) is 0 Å². The van der Waals surface area contributed by atoms with E-state index >= 15 is 0 Å². The van der Waals surface area contributed by atoms with Crippen LogP contribution >= 0.6 is 12.6 Å². The Morgan fingerprint density at radius 1 is 1.11 bits per heavy atom. The summed E-state index contributed by atoms with van der Waals surface area (Å²) in [6, 6.07) is 5.19. The molecule has 0 aliphatic heterocycles. The zero-order valence-electron chi connectivity index (χ0n) is 11.1. The smallest absolute Gasteiger partial charge is 0.338 e. The second-order valence-corrected chi connectivity index (χ2v) is 4.43. The summed E-state index contributed by atoms with van der Waals surface area (Å²) in [5.74, 6) is -0.625. The second-order valence-electron chi connectivity index (χ2n) is 3.91. The molecule has 0 saturated heterocycles. The number of carbonyl (C=O) groups is 2. The van der Waals surface area contributed by atoms with Crippen LogP contribution in [0.25, 0.3) is 0 Å². The van der Waals surface area contributed by atoms with Crippen molar-refractivity contribution in [3.63, 3.8) is 0 Å². The Labute approximate surface area is 118 Å². The Morgan fingerprint density at radius 3 is 2.42 bits per heavy atom. The van der Waals surface area contributed by atoms with Crippen LogP contribution in [-0.2, 0) is 20.7 Å². The van der Waals surface area contributed by atoms with Gasteiger partial charge in [0.15, 0.2) is 0 Å². The van der Waals surface area contributed by atoms with Crippen molar-refractivity contribution in [2.75, 3.05) is 13.2 Å². The SMILES string of the molecule is CCOC(=O)CCc1cc(S)cc(C(=O)OCC)c1. The Kier molecular flexibility index (Phi) is 6.42. The molecule has 0 saturated carbocycles. The summed E-state index contributed by atoms with van der Waals surface area (Å²) in [5.41, 5.74) is 1.32. The van der Waals surface area contributed by atoms with E-state index in [0.29, 0.717) is 30.1 Å². The van der Waals surface area contributed by atoms with E-state index in [0.717, 1.165) is 5.56 Å². The zero-order valence-corrected chi connectivity index (χ0v) is 12.0. The minimum absolute atomic E-state index is 0.246. The minimum Gasteiger partial charge on any atom is -0.466 e. The maximum Gasteiger partial charge on any atom is 0.338 e. The van der Waals surface area contributed by atoms with Crippen LogP contribution in [0.15, 0.2) is 23.1 Å². The molecule has 0 N–H and O–H groups in total. The van der Waals surface area contributed by atoms with Gasteiger partial charge in [0.25, 0.3) is 0 Å². The van der Waals surface area contributed by atoms with Crippen LogP contribution in [0.4, 0.5) is 0 Å². The molecule has 0 unspecified atom stereocenters. The summed E-state index contributed by atoms with van der Waals surface area (Å²) in [6.07, 6.45) is 0.799. The van der Waals surface area contributed by atoms with E-state index in [1.54, 1.807) is 26.0 Å². The van der Waals surface area contributed by atoms with E-state index in [-0.39, 0.29) is 18.4 Å². The van der Waals surface area contributed by atoms with Crippen LogP contribution in [0.2, 0.25) is 0 Å². The molecule has 4 nitrogen and oxygen atoms in total. The third-order valence-electron chi connectivity index (χ3n) is 2.41. The Hall–Kier alpha value is -1.49. The highest BCUT2D eigenvalue weighted by Crippen LogP contribution is 2.16. The first-order valence-corrected chi connectivity index (χ1v) is 6.67. The molecular formula is C14H18O4S. The van der Waals surface area contributed by atoms with Crippen LogP contribution in [0, 0.1) is 0 Å². The molecule has 0 spiro atoms. The maximum absolute atomic E-state index is 11.6. The predicted octanol–water partition coefficient (Wildman–Crippen LogP) is 2.65. The van der Waals surface area contributed by atoms with Gasteiger partial charge in [-0.15, -0.1) is 12.6 Å². The van der Waals surface area contributed by atoms with Crippen molar-refractivity contribution in [1.82, 2.24) is 0 Å². The maximum atomic E-state index is 11.6. The Balaban J connectivity index is 2.73. The van der Waals surface area contributed by atoms with Gasteiger partial charge in [-0.1, -0.05) is 0 Å². The van der Waals surface area contributed by atoms with Gasteiger partial charge in [-0.3, -0.25) is 4.79 Å². The summed E-state index contributed by atoms with van der Waals surface area (Å²) in [5, 5.41) is 0. The van der Waals surface area contributed by atoms with Crippen LogP contribution in [0.1, 0.15) is 36.2 Å². The highest BCUT2D eigenvalue weighted by Gasteiger charge is 2.10. The molecule has 0 radical (unpaired) electrons. The van der Waals surface area contributed by atoms with Crippen molar-refractivity contribution >= 4 is 24.6 Å². The van der Waals surface area contributed by atoms with Gasteiger partial charge in [0.05, 0.1) is 18.8 Å². The van der Waals surface area contributed by atoms with Crippen molar-refractivity contribution in [3.05, 3.63) is 29.3 Å². The van der Waals surface area contributed by atoms with Crippen molar-refractivity contribution in [2.45, 2.75) is 31.6 Å². The summed E-state index contributed by atoms with van der Waals surface area (Å²) >= 11 is 4.25. The quantitative estimate of drug-likeness (QED) is 0.644. The molecule has 0 bridgehead atoms. The number of benzene rings is 1. The largest absolute Gasteiger partial charge is 0.466 e. The van der Waals surface area contributed by atoms with Gasteiger partial charge in [0, 0.05) is 11.3 Å². The molecule has 5 heteroatoms. The Morgan fingerprint density at radius 2 is 1.79 bits per heavy atom. The number of carbonyl (C=O) groups excluding carboxylic acids is 2. The predicted molar refractivity (Wildman–Crippen MR) is 74.6 cm³/mol. The lowest BCUT2D eigenvalue weighted by Gasteiger charge is -2.07. The van der Waals surface area contributed by atoms with Gasteiger partial charge in [0.1, 0.15) is 0 Å². The number of rotatable bonds is 6. The van der Waals surface area contributed by atoms with Crippen LogP contribution in [0.5, 0.6) is 0 Å². The highest BCUT2D eigenvalue weighted by atomic mass is 32.1. The highest BCUT2D eigenvalue weighted by molar-refractivity contribution is 7.80. The number of esters is 2. The first kappa shape index (κ1) is 15.6. The lowest BCUT2D eigenvalue weighted by Crippen LogP contribution is -2.07. The van der Waals surface area contributed by atoms with Crippen molar-refractivity contribution in [1.29, 1.82) is 0 Å². The van der Waals surface area contributed by atoms with Gasteiger partial charge < -0.3 is 9.47 Å². The van der Waals surface area contributed by atoms with Gasteiger partial charge >= 0.3 is 11.9 Å². The summed E-state index contributed by atoms with van der Waals surface area (Å²) in [7, 11) is 0. The number of hydrogen-bond donors (Lipinski definition) is 1. The van der Waals surface area contributed by atoms with E-state index in [1.807, 2.05) is 6.07 Å². The lowest BCUT2D eigenvalue weighted by molar-refractivity contribution is -0.143. The topological polar surface area (TPSA) is 52.6 Å². The van der Waals surface area contributed by atoms with Gasteiger partial charge in [-0.25, -0.2) is 4.79 Å². The fraction of sp³-hybridized carbons (Fsp3) is 0.429. The van der Waals surface area contributed by atoms with Crippen molar-refractivity contribution < 1.29 is 19.1 Å². The van der Waals surface area contributed by atoms with E-state index in [4.69, 9.17) is 9.47 Å². The first-order chi connectivity index (χ1) is 9.06. The van der Waals surface area contributed by atoms with Crippen LogP contribution in [-0.4, -0.2) is 25.2 Å². The molecule has 1 rings (SSSR count). The molecule has 0 aromatic heterocycles. The molecule has 0 fully saturated rings. The van der Waals surface area contributed by atoms with Gasteiger partial charge in [-0.05, 0) is 44.0 Å². The van der Waals surface area contributed by atoms with Crippen molar-refractivity contribution in [3.8, 4) is 0 Å². The monoisotopic (exact) mass is 282 g/mol. The molecule has 1 aromatic rings. The van der Waals surface area contributed by atoms with Crippen LogP contribution in [0.3, 0.4) is 0 Å². The number of aryl methyl sites for hydroxylation is 1. The average Bonchev–Trinajstić information content (AvgIpc) is 2.36. The van der Waals surface area contributed by atoms with Crippen molar-refractivity contribution in [2.24, 2.45) is 0 Å². The molecule has 0 aliphatic rings. The van der Waals surface area contributed by atoms with Crippen LogP contribution < -0.4 is 0 Å². The normalized spacial score (nSPS) is 10.1. The molecule has 1 aromatic carbocycles. The summed E-state index contributed by atoms with van der Waals surface area (Å²) in [6.45, 7) is 4.22. The first-order valence-electron chi connectivity index (χ1n) is 6.22. The fourth-order valence-corrected chi connectivity index (χ4v) is 1.94. The molecule has 0 aliphatic carbocycles. The van der Waals surface area contributed by atoms with E-state index in [9.17, 15) is 9.59 Å². The lowest BCUT2D eigenvalue weighted by atomic mass is 10.1. The molecule has 0 heterocycles. The van der Waals surface area contributed by atoms with Gasteiger partial charge in [0.2, 0.25) is 0 Å². The Bertz CT molecular complexity index is 457. The number of ether oxygens (including phenoxy) is 2. The fourth-order valence-electron chi connectivity index (χ4n) is 1.63. The molecule has 0 amide bonds. The van der Waals surface area contributed by atoms with E-state index in [2.05, 4.69) is 12.6 Å². The molecular weight excluding hydrogens is 264 g/mol.